The summed E-state index contributed by atoms with van der Waals surface area (Å²) in [5.41, 5.74) is 2.40. The smallest absolute Gasteiger partial charge is 0.488 e. The molecule has 4 aliphatic rings. The number of carbonyl (C=O) groups excluding carboxylic acids is 4. The van der Waals surface area contributed by atoms with E-state index in [1.807, 2.05) is 84.9 Å². The molecule has 3 N–H and O–H groups in total. The Morgan fingerprint density at radius 3 is 2.16 bits per heavy atom. The maximum absolute atomic E-state index is 15.3. The number of Topliss-reactive ketones (excluding diaryl/α,β-unsaturated/α-hetero) is 1. The maximum atomic E-state index is 15.3. The topological polar surface area (TPSA) is 141 Å². The third-order valence-corrected chi connectivity index (χ3v) is 12.4. The summed E-state index contributed by atoms with van der Waals surface area (Å²) in [5, 5.41) is 31.8. The summed E-state index contributed by atoms with van der Waals surface area (Å²) in [6, 6.07) is 38.9. The van der Waals surface area contributed by atoms with Crippen LogP contribution in [0.3, 0.4) is 0 Å². The SMILES string of the molecule is O=C1C(c2ccccc2)=CC(=O)[C@@]2(c3ccccc3)[C@@H](c3ccc(OCc4ccccc4)cc3O)C3=CC[C@@H]4C(=O)N(c5cccc(B(O)O)c5)C(=O)[C@@H]4[C@@H]3C[C@@H]12. The van der Waals surface area contributed by atoms with Crippen molar-refractivity contribution in [3.8, 4) is 11.5 Å². The molecule has 0 radical (unpaired) electrons. The molecule has 5 aromatic carbocycles. The number of phenols is 1. The predicted octanol–water partition coefficient (Wildman–Crippen LogP) is 5.68. The minimum absolute atomic E-state index is 0.106. The average Bonchev–Trinajstić information content (AvgIpc) is 3.50. The van der Waals surface area contributed by atoms with Gasteiger partial charge in [0.1, 0.15) is 18.1 Å². The first-order valence-electron chi connectivity index (χ1n) is 19.1. The summed E-state index contributed by atoms with van der Waals surface area (Å²) >= 11 is 0. The number of fused-ring (bicyclic) bond motifs is 4. The molecular weight excluding hydrogens is 717 g/mol. The minimum atomic E-state index is -1.80. The highest BCUT2D eigenvalue weighted by Crippen LogP contribution is 2.64. The number of anilines is 1. The van der Waals surface area contributed by atoms with Crippen molar-refractivity contribution in [2.75, 3.05) is 4.90 Å². The van der Waals surface area contributed by atoms with Crippen molar-refractivity contribution in [2.24, 2.45) is 23.7 Å². The molecule has 10 heteroatoms. The lowest BCUT2D eigenvalue weighted by Crippen LogP contribution is -2.58. The highest BCUT2D eigenvalue weighted by atomic mass is 16.5. The number of ketones is 2. The van der Waals surface area contributed by atoms with Crippen LogP contribution in [0.5, 0.6) is 11.5 Å². The van der Waals surface area contributed by atoms with Gasteiger partial charge in [-0.15, -0.1) is 0 Å². The molecule has 6 atom stereocenters. The van der Waals surface area contributed by atoms with Crippen LogP contribution in [0.25, 0.3) is 5.57 Å². The van der Waals surface area contributed by atoms with Gasteiger partial charge in [0.15, 0.2) is 11.6 Å². The van der Waals surface area contributed by atoms with E-state index in [1.54, 1.807) is 36.4 Å². The van der Waals surface area contributed by atoms with Crippen LogP contribution in [0.2, 0.25) is 0 Å². The summed E-state index contributed by atoms with van der Waals surface area (Å²) in [7, 11) is -1.80. The first kappa shape index (κ1) is 36.3. The van der Waals surface area contributed by atoms with Gasteiger partial charge in [0.2, 0.25) is 11.8 Å². The van der Waals surface area contributed by atoms with Gasteiger partial charge in [-0.2, -0.15) is 0 Å². The van der Waals surface area contributed by atoms with Crippen LogP contribution in [0.4, 0.5) is 5.69 Å². The van der Waals surface area contributed by atoms with Crippen LogP contribution < -0.4 is 15.1 Å². The van der Waals surface area contributed by atoms with Crippen LogP contribution >= 0.6 is 0 Å². The zero-order valence-corrected chi connectivity index (χ0v) is 30.8. The molecule has 1 saturated carbocycles. The molecule has 1 saturated heterocycles. The van der Waals surface area contributed by atoms with Crippen molar-refractivity contribution < 1.29 is 39.1 Å². The van der Waals surface area contributed by atoms with Gasteiger partial charge in [0.05, 0.1) is 22.9 Å². The Morgan fingerprint density at radius 1 is 0.754 bits per heavy atom. The van der Waals surface area contributed by atoms with Crippen molar-refractivity contribution in [3.63, 3.8) is 0 Å². The van der Waals surface area contributed by atoms with E-state index in [4.69, 9.17) is 4.74 Å². The van der Waals surface area contributed by atoms with Gasteiger partial charge in [-0.1, -0.05) is 121 Å². The summed E-state index contributed by atoms with van der Waals surface area (Å²) in [5.74, 6) is -5.28. The number of amides is 2. The molecule has 1 heterocycles. The highest BCUT2D eigenvalue weighted by molar-refractivity contribution is 6.58. The number of phenolic OH excluding ortho intramolecular Hbond substituents is 1. The van der Waals surface area contributed by atoms with Crippen LogP contribution in [0, 0.1) is 23.7 Å². The summed E-state index contributed by atoms with van der Waals surface area (Å²) in [6.07, 6.45) is 3.68. The molecule has 2 amide bonds. The summed E-state index contributed by atoms with van der Waals surface area (Å²) in [4.78, 5) is 60.5. The molecule has 0 bridgehead atoms. The third kappa shape index (κ3) is 5.86. The van der Waals surface area contributed by atoms with Crippen molar-refractivity contribution >= 4 is 47.2 Å². The third-order valence-electron chi connectivity index (χ3n) is 12.4. The van der Waals surface area contributed by atoms with E-state index in [0.717, 1.165) is 10.5 Å². The van der Waals surface area contributed by atoms with Gasteiger partial charge < -0.3 is 19.9 Å². The summed E-state index contributed by atoms with van der Waals surface area (Å²) < 4.78 is 6.07. The van der Waals surface area contributed by atoms with Gasteiger partial charge in [0.25, 0.3) is 0 Å². The van der Waals surface area contributed by atoms with Crippen molar-refractivity contribution in [3.05, 3.63) is 173 Å². The van der Waals surface area contributed by atoms with E-state index in [-0.39, 0.29) is 53.5 Å². The highest BCUT2D eigenvalue weighted by Gasteiger charge is 2.66. The average molecular weight is 756 g/mol. The molecule has 0 unspecified atom stereocenters. The largest absolute Gasteiger partial charge is 0.508 e. The first-order chi connectivity index (χ1) is 27.7. The normalized spacial score (nSPS) is 25.2. The Kier molecular flexibility index (Phi) is 9.10. The number of allylic oxidation sites excluding steroid dienone is 4. The number of rotatable bonds is 8. The van der Waals surface area contributed by atoms with Crippen molar-refractivity contribution in [2.45, 2.75) is 30.8 Å². The zero-order valence-electron chi connectivity index (χ0n) is 30.8. The molecule has 5 aromatic rings. The van der Waals surface area contributed by atoms with Crippen molar-refractivity contribution in [1.82, 2.24) is 0 Å². The zero-order chi connectivity index (χ0) is 39.4. The van der Waals surface area contributed by atoms with Crippen LogP contribution in [-0.2, 0) is 31.2 Å². The van der Waals surface area contributed by atoms with E-state index in [2.05, 4.69) is 0 Å². The fraction of sp³-hybridized carbons (Fsp3) is 0.191. The maximum Gasteiger partial charge on any atom is 0.488 e. The second-order valence-corrected chi connectivity index (χ2v) is 15.3. The van der Waals surface area contributed by atoms with E-state index < -0.39 is 53.9 Å². The van der Waals surface area contributed by atoms with E-state index in [1.165, 1.54) is 24.3 Å². The molecule has 9 nitrogen and oxygen atoms in total. The molecule has 0 spiro atoms. The van der Waals surface area contributed by atoms with E-state index in [9.17, 15) is 24.7 Å². The Morgan fingerprint density at radius 2 is 1.46 bits per heavy atom. The van der Waals surface area contributed by atoms with E-state index >= 15 is 9.59 Å². The number of imide groups is 1. The molecule has 9 rings (SSSR count). The van der Waals surface area contributed by atoms with Gasteiger partial charge in [-0.25, -0.2) is 0 Å². The van der Waals surface area contributed by atoms with Crippen molar-refractivity contribution in [1.29, 1.82) is 0 Å². The van der Waals surface area contributed by atoms with Gasteiger partial charge >= 0.3 is 7.12 Å². The Hall–Kier alpha value is -6.36. The molecule has 57 heavy (non-hydrogen) atoms. The second kappa shape index (κ2) is 14.3. The molecule has 3 aliphatic carbocycles. The Labute approximate surface area is 329 Å². The van der Waals surface area contributed by atoms with Crippen LogP contribution in [0.15, 0.2) is 151 Å². The lowest BCUT2D eigenvalue weighted by atomic mass is 9.44. The predicted molar refractivity (Wildman–Crippen MR) is 214 cm³/mol. The Bertz CT molecular complexity index is 2480. The number of carbonyl (C=O) groups is 4. The number of hydrogen-bond donors (Lipinski definition) is 3. The van der Waals surface area contributed by atoms with Crippen LogP contribution in [0.1, 0.15) is 41.0 Å². The second-order valence-electron chi connectivity index (χ2n) is 15.3. The van der Waals surface area contributed by atoms with Crippen LogP contribution in [-0.4, -0.2) is 45.7 Å². The lowest BCUT2D eigenvalue weighted by Gasteiger charge is -2.55. The molecule has 282 valence electrons. The fourth-order valence-electron chi connectivity index (χ4n) is 9.90. The first-order valence-corrected chi connectivity index (χ1v) is 19.1. The standard InChI is InChI=1S/C47H38BNO8/c50-40-24-33(57-27-28-11-4-1-5-12-28)19-20-35(40)43-34-21-22-36-42(46(54)49(45(36)53)32-18-10-17-31(23-32)48(55)56)38(34)25-39-44(52)37(29-13-6-2-7-14-29)26-41(51)47(39,43)30-15-8-3-9-16-30/h1-21,23-24,26,36,38-39,42-43,50,55-56H,22,25,27H2/t36-,38+,39-,42-,43+,47-/m0/s1. The fourth-order valence-corrected chi connectivity index (χ4v) is 9.90. The van der Waals surface area contributed by atoms with Gasteiger partial charge in [-0.3, -0.25) is 24.1 Å². The van der Waals surface area contributed by atoms with Gasteiger partial charge in [0, 0.05) is 29.0 Å². The minimum Gasteiger partial charge on any atom is -0.508 e. The van der Waals surface area contributed by atoms with Gasteiger partial charge in [-0.05, 0) is 65.2 Å². The number of benzene rings is 5. The molecule has 1 aliphatic heterocycles. The molecular formula is C47H38BNO8. The quantitative estimate of drug-likeness (QED) is 0.104. The number of ether oxygens (including phenoxy) is 1. The number of nitrogens with zero attached hydrogens (tertiary/aromatic N) is 1. The summed E-state index contributed by atoms with van der Waals surface area (Å²) in [6.45, 7) is 0.266. The molecule has 2 fully saturated rings. The Balaban J connectivity index is 1.21. The number of aromatic hydroxyl groups is 1. The van der Waals surface area contributed by atoms with E-state index in [0.29, 0.717) is 28.0 Å². The molecule has 0 aromatic heterocycles. The lowest BCUT2D eigenvalue weighted by molar-refractivity contribution is -0.135. The number of hydrogen-bond acceptors (Lipinski definition) is 8. The monoisotopic (exact) mass is 755 g/mol.